The van der Waals surface area contributed by atoms with Crippen molar-refractivity contribution in [3.05, 3.63) is 69.9 Å². The lowest BCUT2D eigenvalue weighted by atomic mass is 9.97. The van der Waals surface area contributed by atoms with Gasteiger partial charge in [-0.15, -0.1) is 0 Å². The van der Waals surface area contributed by atoms with Crippen molar-refractivity contribution >= 4 is 35.8 Å². The van der Waals surface area contributed by atoms with Crippen LogP contribution in [0.2, 0.25) is 0 Å². The summed E-state index contributed by atoms with van der Waals surface area (Å²) in [6, 6.07) is 0. The molecule has 6 rings (SSSR count). The number of esters is 6. The van der Waals surface area contributed by atoms with E-state index >= 15 is 0 Å². The van der Waals surface area contributed by atoms with Crippen molar-refractivity contribution < 1.29 is 192 Å². The fourth-order valence-corrected chi connectivity index (χ4v) is 10.2. The highest BCUT2D eigenvalue weighted by molar-refractivity contribution is 5.90. The first kappa shape index (κ1) is 91.6. The fourth-order valence-electron chi connectivity index (χ4n) is 10.2. The van der Waals surface area contributed by atoms with Crippen LogP contribution in [0.25, 0.3) is 0 Å². The molecule has 0 saturated carbocycles. The van der Waals surface area contributed by atoms with Crippen LogP contribution in [0.4, 0.5) is 0 Å². The normalized spacial score (nSPS) is 38.7. The van der Waals surface area contributed by atoms with Gasteiger partial charge in [0.1, 0.15) is 110 Å². The highest BCUT2D eigenvalue weighted by Crippen LogP contribution is 2.35. The minimum Gasteiger partial charge on any atom is -0.453 e. The summed E-state index contributed by atoms with van der Waals surface area (Å²) < 4.78 is 80.1. The van der Waals surface area contributed by atoms with Gasteiger partial charge in [-0.25, -0.2) is 28.8 Å². The third-order valence-electron chi connectivity index (χ3n) is 17.7. The first-order valence-electron chi connectivity index (χ1n) is 33.2. The Balaban J connectivity index is 0.000000333. The van der Waals surface area contributed by atoms with E-state index in [9.17, 15) is 121 Å². The van der Waals surface area contributed by atoms with Crippen molar-refractivity contribution in [3.8, 4) is 0 Å². The maximum atomic E-state index is 12.3. The Morgan fingerprint density at radius 3 is 0.657 bits per heavy atom. The van der Waals surface area contributed by atoms with Crippen LogP contribution in [0.3, 0.4) is 0 Å². The van der Waals surface area contributed by atoms with Crippen molar-refractivity contribution in [1.82, 2.24) is 0 Å². The molecule has 0 aromatic carbocycles. The van der Waals surface area contributed by atoms with Gasteiger partial charge in [-0.05, 0) is 83.1 Å². The molecule has 0 spiro atoms. The Hall–Kier alpha value is -5.82. The number of hydrogen-bond donors (Lipinski definition) is 18. The summed E-state index contributed by atoms with van der Waals surface area (Å²) >= 11 is 0. The zero-order valence-electron chi connectivity index (χ0n) is 59.7. The van der Waals surface area contributed by atoms with Gasteiger partial charge >= 0.3 is 35.8 Å². The van der Waals surface area contributed by atoms with Crippen LogP contribution in [0, 0.1) is 0 Å². The van der Waals surface area contributed by atoms with Crippen LogP contribution in [0.15, 0.2) is 69.9 Å². The topological polar surface area (TPSA) is 605 Å². The molecule has 6 fully saturated rings. The van der Waals surface area contributed by atoms with Crippen LogP contribution in [-0.2, 0) is 99.8 Å². The lowest BCUT2D eigenvalue weighted by Gasteiger charge is -2.45. The fraction of sp³-hybridized carbons (Fsp3) is 0.727. The van der Waals surface area contributed by atoms with Gasteiger partial charge in [0.05, 0.1) is 39.6 Å². The highest BCUT2D eigenvalue weighted by atomic mass is 16.8. The van der Waals surface area contributed by atoms with E-state index in [1.54, 1.807) is 41.5 Å². The van der Waals surface area contributed by atoms with Crippen LogP contribution in [0.1, 0.15) is 83.1 Å². The van der Waals surface area contributed by atoms with E-state index in [-0.39, 0.29) is 33.4 Å². The molecule has 6 aliphatic rings. The Morgan fingerprint density at radius 1 is 0.238 bits per heavy atom. The quantitative estimate of drug-likeness (QED) is 0.0243. The van der Waals surface area contributed by atoms with E-state index in [0.717, 1.165) is 0 Å². The average molecular weight is 1520 g/mol. The molecule has 30 unspecified atom stereocenters. The van der Waals surface area contributed by atoms with Crippen LogP contribution < -0.4 is 0 Å². The molecule has 0 bridgehead atoms. The molecule has 6 heterocycles. The summed E-state index contributed by atoms with van der Waals surface area (Å²) in [5.74, 6) is -4.95. The number of aliphatic hydroxyl groups is 18. The maximum Gasteiger partial charge on any atom is 0.333 e. The SMILES string of the molecule is C/C=C(/C)C(=O)OC1C(CO)OC(OC2OC(CO)C(OC(=O)/C(C)=C\C)C(O)C2O)C(O)C1O.C/C=C(/C)C(=O)OC1C(O)C(CO)OC(OC2OC(CO)C(O)C(OC(=O)/C(C)=C\C)C2O)C1O.C/C=C(/C)C(=O)OC1C(OC2OC(CO)C(O)C(OC(=O)/C(C)=C\C)C2O)OC(CO)C(O)C1O. The molecule has 0 aromatic rings. The minimum atomic E-state index is -1.82. The Labute approximate surface area is 602 Å². The smallest absolute Gasteiger partial charge is 0.333 e. The monoisotopic (exact) mass is 1520 g/mol. The number of carbonyl (C=O) groups excluding carboxylic acids is 6. The maximum absolute atomic E-state index is 12.3. The molecular weight excluding hydrogens is 1420 g/mol. The number of allylic oxidation sites excluding steroid dienone is 6. The number of ether oxygens (including phenoxy) is 15. The molecule has 6 saturated heterocycles. The third-order valence-corrected chi connectivity index (χ3v) is 17.7. The lowest BCUT2D eigenvalue weighted by Crippen LogP contribution is -2.65. The number of rotatable bonds is 24. The molecule has 39 heteroatoms. The van der Waals surface area contributed by atoms with Crippen molar-refractivity contribution in [2.45, 2.75) is 267 Å². The van der Waals surface area contributed by atoms with Crippen molar-refractivity contribution in [2.24, 2.45) is 0 Å². The lowest BCUT2D eigenvalue weighted by molar-refractivity contribution is -0.376. The predicted octanol–water partition coefficient (Wildman–Crippen LogP) is -7.09. The van der Waals surface area contributed by atoms with Gasteiger partial charge in [-0.1, -0.05) is 36.5 Å². The predicted molar refractivity (Wildman–Crippen MR) is 346 cm³/mol. The van der Waals surface area contributed by atoms with Gasteiger partial charge in [0, 0.05) is 33.4 Å². The Morgan fingerprint density at radius 2 is 0.419 bits per heavy atom. The molecule has 0 aliphatic carbocycles. The van der Waals surface area contributed by atoms with E-state index in [1.165, 1.54) is 78.0 Å². The summed E-state index contributed by atoms with van der Waals surface area (Å²) in [7, 11) is 0. The summed E-state index contributed by atoms with van der Waals surface area (Å²) in [4.78, 5) is 73.1. The molecular formula is C66H102O39. The first-order chi connectivity index (χ1) is 49.5. The van der Waals surface area contributed by atoms with Crippen molar-refractivity contribution in [1.29, 1.82) is 0 Å². The molecule has 0 amide bonds. The van der Waals surface area contributed by atoms with Gasteiger partial charge in [0.25, 0.3) is 0 Å². The van der Waals surface area contributed by atoms with Gasteiger partial charge in [-0.3, -0.25) is 0 Å². The molecule has 30 atom stereocenters. The molecule has 18 N–H and O–H groups in total. The summed E-state index contributed by atoms with van der Waals surface area (Å²) in [5, 5.41) is 184. The van der Waals surface area contributed by atoms with Gasteiger partial charge in [0.15, 0.2) is 68.1 Å². The van der Waals surface area contributed by atoms with E-state index in [1.807, 2.05) is 0 Å². The molecule has 600 valence electrons. The number of hydrogen-bond acceptors (Lipinski definition) is 39. The zero-order chi connectivity index (χ0) is 79.3. The first-order valence-corrected chi connectivity index (χ1v) is 33.2. The van der Waals surface area contributed by atoms with E-state index in [0.29, 0.717) is 0 Å². The molecule has 0 aromatic heterocycles. The second kappa shape index (κ2) is 42.8. The van der Waals surface area contributed by atoms with Gasteiger partial charge < -0.3 is 163 Å². The van der Waals surface area contributed by atoms with Crippen LogP contribution in [-0.4, -0.2) is 352 Å². The summed E-state index contributed by atoms with van der Waals surface area (Å²) in [6.45, 7) is 13.9. The van der Waals surface area contributed by atoms with Crippen LogP contribution >= 0.6 is 0 Å². The average Bonchev–Trinajstić information content (AvgIpc) is 0.795. The largest absolute Gasteiger partial charge is 0.453 e. The van der Waals surface area contributed by atoms with Crippen LogP contribution in [0.5, 0.6) is 0 Å². The van der Waals surface area contributed by atoms with Crippen molar-refractivity contribution in [3.63, 3.8) is 0 Å². The molecule has 39 nitrogen and oxygen atoms in total. The standard InChI is InChI=1S/3C22H34O13/c1-5-9(3)19(29)33-17-11(7-23)31-21(15(27)13(17)25)35-22-16(28)14(26)18(12(8-24)32-22)34-20(30)10(4)6-2;1-5-9(3)19(29)33-17-13(25)11(7-23)31-21(15(17)27)35-22-16(28)18(14(26)12(8-24)32-22)34-20(30)10(4)6-2;1-5-9(3)19(29)33-17-14(26)12(8-24)31-21(16(17)28)35-22-18(34-20(30)10(4)6-2)15(27)13(25)11(7-23)32-22/h3*5-6,11-18,21-28H,7-8H2,1-4H3/b3*9-5-,10-6-. The number of aliphatic hydroxyl groups excluding tert-OH is 18. The second-order valence-corrected chi connectivity index (χ2v) is 24.7. The van der Waals surface area contributed by atoms with E-state index in [2.05, 4.69) is 0 Å². The second-order valence-electron chi connectivity index (χ2n) is 24.7. The third kappa shape index (κ3) is 23.1. The minimum absolute atomic E-state index is 0.179. The van der Waals surface area contributed by atoms with Gasteiger partial charge in [-0.2, -0.15) is 0 Å². The highest BCUT2D eigenvalue weighted by Gasteiger charge is 2.57. The Bertz CT molecular complexity index is 2870. The summed E-state index contributed by atoms with van der Waals surface area (Å²) in [5.41, 5.74) is 1.22. The Kier molecular flexibility index (Phi) is 37.3. The number of carbonyl (C=O) groups is 6. The van der Waals surface area contributed by atoms with Gasteiger partial charge in [0.2, 0.25) is 6.29 Å². The molecule has 6 aliphatic heterocycles. The molecule has 105 heavy (non-hydrogen) atoms. The van der Waals surface area contributed by atoms with E-state index in [4.69, 9.17) is 71.1 Å². The zero-order valence-corrected chi connectivity index (χ0v) is 59.7. The molecule has 0 radical (unpaired) electrons. The van der Waals surface area contributed by atoms with E-state index < -0.39 is 260 Å². The summed E-state index contributed by atoms with van der Waals surface area (Å²) in [6.07, 6.45) is -39.6. The van der Waals surface area contributed by atoms with Crippen molar-refractivity contribution in [2.75, 3.05) is 39.6 Å².